The van der Waals surface area contributed by atoms with E-state index in [0.29, 0.717) is 13.0 Å². The summed E-state index contributed by atoms with van der Waals surface area (Å²) in [6.07, 6.45) is 1.96. The Hall–Kier alpha value is -1.95. The highest BCUT2D eigenvalue weighted by molar-refractivity contribution is 5.86. The van der Waals surface area contributed by atoms with Crippen molar-refractivity contribution in [1.82, 2.24) is 10.2 Å². The Morgan fingerprint density at radius 3 is 2.48 bits per heavy atom. The van der Waals surface area contributed by atoms with E-state index in [1.807, 2.05) is 20.8 Å². The van der Waals surface area contributed by atoms with E-state index < -0.39 is 11.0 Å². The third-order valence-corrected chi connectivity index (χ3v) is 6.11. The third kappa shape index (κ3) is 5.16. The summed E-state index contributed by atoms with van der Waals surface area (Å²) in [6.45, 7) is 10.8. The van der Waals surface area contributed by atoms with Gasteiger partial charge in [-0.25, -0.2) is 4.39 Å². The summed E-state index contributed by atoms with van der Waals surface area (Å²) in [6, 6.07) is 6.55. The van der Waals surface area contributed by atoms with Crippen molar-refractivity contribution in [3.8, 4) is 0 Å². The van der Waals surface area contributed by atoms with Crippen molar-refractivity contribution in [2.75, 3.05) is 26.2 Å². The van der Waals surface area contributed by atoms with Crippen LogP contribution in [0.15, 0.2) is 24.3 Å². The standard InChI is InChI=1S/C23H33FN2O3/c1-16(13-20(27)29-22(2,3)4)15-26-11-9-23(10-12-26)19(14-25-21(23)28)17-5-7-18(24)8-6-17/h5-8,16,19H,9-15H2,1-4H3,(H,25,28)/t16-,19-/m1/s1. The SMILES string of the molecule is C[C@H](CC(=O)OC(C)(C)C)CN1CCC2(CC1)C(=O)NC[C@@H]2c1ccc(F)cc1. The summed E-state index contributed by atoms with van der Waals surface area (Å²) >= 11 is 0. The van der Waals surface area contributed by atoms with E-state index >= 15 is 0 Å². The Morgan fingerprint density at radius 2 is 1.90 bits per heavy atom. The van der Waals surface area contributed by atoms with Gasteiger partial charge in [0.05, 0.1) is 5.41 Å². The van der Waals surface area contributed by atoms with Crippen LogP contribution in [0.4, 0.5) is 4.39 Å². The van der Waals surface area contributed by atoms with Crippen molar-refractivity contribution in [2.24, 2.45) is 11.3 Å². The molecule has 6 heteroatoms. The van der Waals surface area contributed by atoms with Gasteiger partial charge in [-0.15, -0.1) is 0 Å². The number of benzene rings is 1. The Morgan fingerprint density at radius 1 is 1.28 bits per heavy atom. The van der Waals surface area contributed by atoms with E-state index in [4.69, 9.17) is 4.74 Å². The van der Waals surface area contributed by atoms with Crippen LogP contribution in [0.3, 0.4) is 0 Å². The lowest BCUT2D eigenvalue weighted by Crippen LogP contribution is -2.47. The second-order valence-electron chi connectivity index (χ2n) is 9.67. The number of esters is 1. The number of carbonyl (C=O) groups is 2. The van der Waals surface area contributed by atoms with Crippen LogP contribution >= 0.6 is 0 Å². The zero-order valence-corrected chi connectivity index (χ0v) is 18.0. The molecule has 1 N–H and O–H groups in total. The van der Waals surface area contributed by atoms with E-state index in [1.54, 1.807) is 12.1 Å². The smallest absolute Gasteiger partial charge is 0.306 e. The van der Waals surface area contributed by atoms with Gasteiger partial charge in [-0.1, -0.05) is 19.1 Å². The number of rotatable bonds is 5. The number of halogens is 1. The number of hydrogen-bond acceptors (Lipinski definition) is 4. The van der Waals surface area contributed by atoms with Crippen LogP contribution in [0.2, 0.25) is 0 Å². The molecule has 0 bridgehead atoms. The molecule has 1 spiro atoms. The Kier molecular flexibility index (Phi) is 6.32. The van der Waals surface area contributed by atoms with Crippen molar-refractivity contribution in [1.29, 1.82) is 0 Å². The fourth-order valence-corrected chi connectivity index (χ4v) is 4.74. The van der Waals surface area contributed by atoms with Crippen LogP contribution in [-0.2, 0) is 14.3 Å². The van der Waals surface area contributed by atoms with Crippen molar-refractivity contribution in [2.45, 2.75) is 58.5 Å². The minimum absolute atomic E-state index is 0.0805. The molecule has 3 rings (SSSR count). The Labute approximate surface area is 173 Å². The molecule has 0 radical (unpaired) electrons. The maximum absolute atomic E-state index is 13.3. The predicted octanol–water partition coefficient (Wildman–Crippen LogP) is 3.49. The van der Waals surface area contributed by atoms with Crippen molar-refractivity contribution < 1.29 is 18.7 Å². The van der Waals surface area contributed by atoms with Gasteiger partial charge >= 0.3 is 5.97 Å². The second-order valence-corrected chi connectivity index (χ2v) is 9.67. The van der Waals surface area contributed by atoms with Crippen molar-refractivity contribution in [3.05, 3.63) is 35.6 Å². The van der Waals surface area contributed by atoms with Gasteiger partial charge in [-0.05, 0) is 70.3 Å². The molecule has 0 aromatic heterocycles. The highest BCUT2D eigenvalue weighted by Gasteiger charge is 2.51. The summed E-state index contributed by atoms with van der Waals surface area (Å²) in [5, 5.41) is 3.03. The lowest BCUT2D eigenvalue weighted by Gasteiger charge is -2.41. The first-order valence-electron chi connectivity index (χ1n) is 10.6. The quantitative estimate of drug-likeness (QED) is 0.764. The van der Waals surface area contributed by atoms with Crippen LogP contribution in [0.25, 0.3) is 0 Å². The van der Waals surface area contributed by atoms with Gasteiger partial charge in [-0.2, -0.15) is 0 Å². The van der Waals surface area contributed by atoms with Gasteiger partial charge in [0.15, 0.2) is 0 Å². The van der Waals surface area contributed by atoms with Gasteiger partial charge in [0.25, 0.3) is 0 Å². The number of likely N-dealkylation sites (tertiary alicyclic amines) is 1. The van der Waals surface area contributed by atoms with E-state index in [0.717, 1.165) is 38.0 Å². The first kappa shape index (κ1) is 21.8. The topological polar surface area (TPSA) is 58.6 Å². The van der Waals surface area contributed by atoms with E-state index in [2.05, 4.69) is 17.1 Å². The normalized spacial score (nSPS) is 23.1. The molecule has 0 unspecified atom stereocenters. The van der Waals surface area contributed by atoms with Crippen LogP contribution < -0.4 is 5.32 Å². The molecule has 2 heterocycles. The minimum atomic E-state index is -0.459. The summed E-state index contributed by atoms with van der Waals surface area (Å²) in [4.78, 5) is 27.1. The first-order chi connectivity index (χ1) is 13.6. The summed E-state index contributed by atoms with van der Waals surface area (Å²) in [5.41, 5.74) is 0.152. The third-order valence-electron chi connectivity index (χ3n) is 6.11. The Balaban J connectivity index is 1.57. The molecular weight excluding hydrogens is 371 g/mol. The predicted molar refractivity (Wildman–Crippen MR) is 110 cm³/mol. The number of carbonyl (C=O) groups excluding carboxylic acids is 2. The van der Waals surface area contributed by atoms with Gasteiger partial charge < -0.3 is 15.0 Å². The average molecular weight is 405 g/mol. The number of amides is 1. The largest absolute Gasteiger partial charge is 0.460 e. The minimum Gasteiger partial charge on any atom is -0.460 e. The summed E-state index contributed by atoms with van der Waals surface area (Å²) in [5.74, 6) is -0.0201. The fraction of sp³-hybridized carbons (Fsp3) is 0.652. The molecule has 160 valence electrons. The van der Waals surface area contributed by atoms with E-state index in [1.165, 1.54) is 12.1 Å². The number of nitrogens with zero attached hydrogens (tertiary/aromatic N) is 1. The first-order valence-corrected chi connectivity index (χ1v) is 10.6. The van der Waals surface area contributed by atoms with Crippen LogP contribution in [0.1, 0.15) is 58.4 Å². The lowest BCUT2D eigenvalue weighted by molar-refractivity contribution is -0.156. The summed E-state index contributed by atoms with van der Waals surface area (Å²) < 4.78 is 18.7. The van der Waals surface area contributed by atoms with Crippen molar-refractivity contribution in [3.63, 3.8) is 0 Å². The van der Waals surface area contributed by atoms with Crippen molar-refractivity contribution >= 4 is 11.9 Å². The van der Waals surface area contributed by atoms with E-state index in [-0.39, 0.29) is 29.5 Å². The van der Waals surface area contributed by atoms with Gasteiger partial charge in [0, 0.05) is 25.4 Å². The maximum atomic E-state index is 13.3. The monoisotopic (exact) mass is 404 g/mol. The molecule has 2 aliphatic heterocycles. The molecule has 0 aliphatic carbocycles. The molecule has 2 aliphatic rings. The molecule has 1 aromatic carbocycles. The molecule has 2 atom stereocenters. The molecular formula is C23H33FN2O3. The summed E-state index contributed by atoms with van der Waals surface area (Å²) in [7, 11) is 0. The molecule has 1 aromatic rings. The number of piperidine rings is 1. The van der Waals surface area contributed by atoms with Crippen LogP contribution in [0, 0.1) is 17.2 Å². The zero-order valence-electron chi connectivity index (χ0n) is 18.0. The van der Waals surface area contributed by atoms with Gasteiger partial charge in [-0.3, -0.25) is 9.59 Å². The molecule has 0 saturated carbocycles. The molecule has 5 nitrogen and oxygen atoms in total. The van der Waals surface area contributed by atoms with Crippen LogP contribution in [0.5, 0.6) is 0 Å². The molecule has 1 amide bonds. The Bertz CT molecular complexity index is 733. The highest BCUT2D eigenvalue weighted by Crippen LogP contribution is 2.47. The zero-order chi connectivity index (χ0) is 21.2. The number of hydrogen-bond donors (Lipinski definition) is 1. The second kappa shape index (κ2) is 8.42. The highest BCUT2D eigenvalue weighted by atomic mass is 19.1. The van der Waals surface area contributed by atoms with Gasteiger partial charge in [0.2, 0.25) is 5.91 Å². The molecule has 29 heavy (non-hydrogen) atoms. The number of ether oxygens (including phenoxy) is 1. The lowest BCUT2D eigenvalue weighted by atomic mass is 9.68. The van der Waals surface area contributed by atoms with Crippen LogP contribution in [-0.4, -0.2) is 48.6 Å². The fourth-order valence-electron chi connectivity index (χ4n) is 4.74. The molecule has 2 fully saturated rings. The van der Waals surface area contributed by atoms with E-state index in [9.17, 15) is 14.0 Å². The molecule has 2 saturated heterocycles. The maximum Gasteiger partial charge on any atom is 0.306 e. The van der Waals surface area contributed by atoms with Gasteiger partial charge in [0.1, 0.15) is 11.4 Å². The number of nitrogens with one attached hydrogen (secondary N) is 1. The average Bonchev–Trinajstić information content (AvgIpc) is 2.92.